The molecule has 220 valence electrons. The van der Waals surface area contributed by atoms with Crippen molar-refractivity contribution in [1.82, 2.24) is 0 Å². The quantitative estimate of drug-likeness (QED) is 0.162. The van der Waals surface area contributed by atoms with Crippen LogP contribution in [0.2, 0.25) is 0 Å². The van der Waals surface area contributed by atoms with E-state index in [1.165, 1.54) is 0 Å². The lowest BCUT2D eigenvalue weighted by Crippen LogP contribution is -2.20. The minimum absolute atomic E-state index is 0.135. The highest BCUT2D eigenvalue weighted by molar-refractivity contribution is 5.50. The zero-order valence-corrected chi connectivity index (χ0v) is 24.1. The summed E-state index contributed by atoms with van der Waals surface area (Å²) in [6.45, 7) is 0.269. The molecule has 0 spiro atoms. The van der Waals surface area contributed by atoms with Gasteiger partial charge in [0.25, 0.3) is 0 Å². The molecule has 0 fully saturated rings. The van der Waals surface area contributed by atoms with E-state index in [0.29, 0.717) is 0 Å². The van der Waals surface area contributed by atoms with Crippen molar-refractivity contribution < 1.29 is 29.2 Å². The van der Waals surface area contributed by atoms with Crippen molar-refractivity contribution in [3.8, 4) is 0 Å². The summed E-state index contributed by atoms with van der Waals surface area (Å²) in [7, 11) is 3.13. The summed E-state index contributed by atoms with van der Waals surface area (Å²) in [4.78, 5) is 0. The van der Waals surface area contributed by atoms with Crippen LogP contribution >= 0.6 is 0 Å². The molecule has 2 N–H and O–H groups in total. The number of benzene rings is 4. The molecule has 0 radical (unpaired) electrons. The SMILES string of the molecule is COCO[C@@H](c1ccccc1)[C@@H](O)/C=C/c1ccccc1.COCO[C@@H](c1ccccc1)[C@H](O)/C=C/c1ccccc1. The van der Waals surface area contributed by atoms with Gasteiger partial charge in [-0.2, -0.15) is 0 Å². The third-order valence-electron chi connectivity index (χ3n) is 6.18. The zero-order chi connectivity index (χ0) is 29.8. The maximum atomic E-state index is 10.4. The second kappa shape index (κ2) is 19.3. The van der Waals surface area contributed by atoms with E-state index in [9.17, 15) is 10.2 Å². The molecule has 42 heavy (non-hydrogen) atoms. The molecule has 0 aliphatic carbocycles. The first-order valence-corrected chi connectivity index (χ1v) is 13.8. The molecule has 0 amide bonds. The maximum absolute atomic E-state index is 10.4. The normalized spacial score (nSPS) is 14.2. The van der Waals surface area contributed by atoms with Gasteiger partial charge in [-0.05, 0) is 22.3 Å². The van der Waals surface area contributed by atoms with Gasteiger partial charge in [0.15, 0.2) is 0 Å². The minimum Gasteiger partial charge on any atom is -0.386 e. The van der Waals surface area contributed by atoms with Gasteiger partial charge in [-0.25, -0.2) is 0 Å². The predicted octanol–water partition coefficient (Wildman–Crippen LogP) is 6.85. The van der Waals surface area contributed by atoms with Crippen molar-refractivity contribution in [2.45, 2.75) is 24.4 Å². The van der Waals surface area contributed by atoms with E-state index >= 15 is 0 Å². The van der Waals surface area contributed by atoms with Crippen molar-refractivity contribution in [3.05, 3.63) is 156 Å². The number of hydrogen-bond acceptors (Lipinski definition) is 6. The second-order valence-electron chi connectivity index (χ2n) is 9.33. The van der Waals surface area contributed by atoms with Gasteiger partial charge in [-0.1, -0.05) is 146 Å². The fourth-order valence-corrected chi connectivity index (χ4v) is 4.10. The van der Waals surface area contributed by atoms with E-state index in [4.69, 9.17) is 18.9 Å². The van der Waals surface area contributed by atoms with E-state index in [1.54, 1.807) is 26.4 Å². The molecule has 4 atom stereocenters. The number of ether oxygens (including phenoxy) is 4. The van der Waals surface area contributed by atoms with Crippen molar-refractivity contribution in [2.75, 3.05) is 27.8 Å². The Bertz CT molecular complexity index is 1180. The molecule has 0 unspecified atom stereocenters. The van der Waals surface area contributed by atoms with Gasteiger partial charge in [0.05, 0.1) is 0 Å². The first-order chi connectivity index (χ1) is 20.6. The van der Waals surface area contributed by atoms with Crippen LogP contribution in [0.4, 0.5) is 0 Å². The molecular formula is C36H40O6. The number of aliphatic hydroxyl groups excluding tert-OH is 2. The van der Waals surface area contributed by atoms with Gasteiger partial charge in [0.1, 0.15) is 38.0 Å². The van der Waals surface area contributed by atoms with Gasteiger partial charge in [-0.3, -0.25) is 0 Å². The highest BCUT2D eigenvalue weighted by Crippen LogP contribution is 2.24. The summed E-state index contributed by atoms with van der Waals surface area (Å²) in [6, 6.07) is 39.0. The van der Waals surface area contributed by atoms with E-state index in [0.717, 1.165) is 22.3 Å². The molecule has 0 aliphatic rings. The Balaban J connectivity index is 0.000000230. The Labute approximate surface area is 249 Å². The van der Waals surface area contributed by atoms with Crippen LogP contribution in [0.3, 0.4) is 0 Å². The zero-order valence-electron chi connectivity index (χ0n) is 24.1. The highest BCUT2D eigenvalue weighted by atomic mass is 16.7. The Hall–Kier alpha value is -3.88. The molecule has 0 saturated carbocycles. The number of methoxy groups -OCH3 is 2. The molecule has 0 saturated heterocycles. The Morgan fingerprint density at radius 2 is 0.810 bits per heavy atom. The molecule has 0 aliphatic heterocycles. The number of rotatable bonds is 14. The van der Waals surface area contributed by atoms with E-state index in [1.807, 2.05) is 133 Å². The summed E-state index contributed by atoms with van der Waals surface area (Å²) in [6.07, 6.45) is 4.85. The summed E-state index contributed by atoms with van der Waals surface area (Å²) in [5, 5.41) is 20.8. The van der Waals surface area contributed by atoms with E-state index < -0.39 is 24.4 Å². The van der Waals surface area contributed by atoms with Crippen LogP contribution in [0.25, 0.3) is 12.2 Å². The van der Waals surface area contributed by atoms with Gasteiger partial charge >= 0.3 is 0 Å². The third kappa shape index (κ3) is 11.5. The number of hydrogen-bond donors (Lipinski definition) is 2. The van der Waals surface area contributed by atoms with Crippen LogP contribution in [-0.2, 0) is 18.9 Å². The Morgan fingerprint density at radius 3 is 1.12 bits per heavy atom. The average molecular weight is 569 g/mol. The predicted molar refractivity (Wildman–Crippen MR) is 167 cm³/mol. The largest absolute Gasteiger partial charge is 0.386 e. The topological polar surface area (TPSA) is 77.4 Å². The van der Waals surface area contributed by atoms with E-state index in [-0.39, 0.29) is 13.6 Å². The first kappa shape index (κ1) is 32.6. The van der Waals surface area contributed by atoms with Crippen LogP contribution in [0.15, 0.2) is 133 Å². The van der Waals surface area contributed by atoms with Crippen molar-refractivity contribution in [2.24, 2.45) is 0 Å². The van der Waals surface area contributed by atoms with Crippen LogP contribution in [0, 0.1) is 0 Å². The Kier molecular flexibility index (Phi) is 15.0. The van der Waals surface area contributed by atoms with Gasteiger partial charge in [-0.15, -0.1) is 0 Å². The summed E-state index contributed by atoms with van der Waals surface area (Å²) in [5.74, 6) is 0. The highest BCUT2D eigenvalue weighted by Gasteiger charge is 2.20. The summed E-state index contributed by atoms with van der Waals surface area (Å²) in [5.41, 5.74) is 3.91. The fourth-order valence-electron chi connectivity index (χ4n) is 4.10. The van der Waals surface area contributed by atoms with Gasteiger partial charge < -0.3 is 29.2 Å². The molecule has 0 heterocycles. The number of aliphatic hydroxyl groups is 2. The molecule has 4 aromatic carbocycles. The second-order valence-corrected chi connectivity index (χ2v) is 9.33. The lowest BCUT2D eigenvalue weighted by Gasteiger charge is -2.21. The van der Waals surface area contributed by atoms with Crippen LogP contribution in [0.5, 0.6) is 0 Å². The van der Waals surface area contributed by atoms with Crippen molar-refractivity contribution in [1.29, 1.82) is 0 Å². The summed E-state index contributed by atoms with van der Waals surface area (Å²) < 4.78 is 21.1. The fraction of sp³-hybridized carbons (Fsp3) is 0.222. The van der Waals surface area contributed by atoms with Crippen molar-refractivity contribution in [3.63, 3.8) is 0 Å². The maximum Gasteiger partial charge on any atom is 0.147 e. The smallest absolute Gasteiger partial charge is 0.147 e. The van der Waals surface area contributed by atoms with Crippen LogP contribution in [-0.4, -0.2) is 50.2 Å². The molecule has 6 nitrogen and oxygen atoms in total. The van der Waals surface area contributed by atoms with Gasteiger partial charge in [0, 0.05) is 14.2 Å². The average Bonchev–Trinajstić information content (AvgIpc) is 3.05. The molecule has 4 rings (SSSR count). The monoisotopic (exact) mass is 568 g/mol. The molecule has 6 heteroatoms. The van der Waals surface area contributed by atoms with E-state index in [2.05, 4.69) is 0 Å². The third-order valence-corrected chi connectivity index (χ3v) is 6.18. The first-order valence-electron chi connectivity index (χ1n) is 13.8. The lowest BCUT2D eigenvalue weighted by atomic mass is 10.0. The molecule has 4 aromatic rings. The van der Waals surface area contributed by atoms with Crippen LogP contribution < -0.4 is 0 Å². The molecular weight excluding hydrogens is 528 g/mol. The molecule has 0 bridgehead atoms. The standard InChI is InChI=1S/2C18H20O3/c2*1-20-14-21-18(16-10-6-3-7-11-16)17(19)13-12-15-8-4-2-5-9-15/h2*2-13,17-19H,14H2,1H3/b2*13-12+/t17-,18+;17-,18-/m10/s1. The molecule has 0 aromatic heterocycles. The summed E-state index contributed by atoms with van der Waals surface area (Å²) >= 11 is 0. The Morgan fingerprint density at radius 1 is 0.500 bits per heavy atom. The van der Waals surface area contributed by atoms with Gasteiger partial charge in [0.2, 0.25) is 0 Å². The minimum atomic E-state index is -0.747. The lowest BCUT2D eigenvalue weighted by molar-refractivity contribution is -0.104. The van der Waals surface area contributed by atoms with Crippen molar-refractivity contribution >= 4 is 12.2 Å². The van der Waals surface area contributed by atoms with Crippen LogP contribution in [0.1, 0.15) is 34.5 Å².